The maximum absolute atomic E-state index is 10.6. The Labute approximate surface area is 109 Å². The molecule has 1 aromatic carbocycles. The SMILES string of the molecule is OC1(CC2CCc3ccccc3N2)CCCCC1. The van der Waals surface area contributed by atoms with Crippen molar-refractivity contribution in [1.82, 2.24) is 0 Å². The predicted molar refractivity (Wildman–Crippen MR) is 74.8 cm³/mol. The first-order valence-corrected chi connectivity index (χ1v) is 7.32. The van der Waals surface area contributed by atoms with Crippen LogP contribution in [0.1, 0.15) is 50.5 Å². The summed E-state index contributed by atoms with van der Waals surface area (Å²) in [6.45, 7) is 0. The molecule has 1 atom stereocenters. The molecule has 0 saturated heterocycles. The molecule has 18 heavy (non-hydrogen) atoms. The summed E-state index contributed by atoms with van der Waals surface area (Å²) in [6, 6.07) is 9.00. The van der Waals surface area contributed by atoms with Crippen LogP contribution in [0.3, 0.4) is 0 Å². The predicted octanol–water partition coefficient (Wildman–Crippen LogP) is 3.50. The zero-order valence-corrected chi connectivity index (χ0v) is 11.0. The lowest BCUT2D eigenvalue weighted by Crippen LogP contribution is -2.39. The van der Waals surface area contributed by atoms with Gasteiger partial charge in [-0.05, 0) is 43.7 Å². The van der Waals surface area contributed by atoms with Crippen LogP contribution < -0.4 is 5.32 Å². The smallest absolute Gasteiger partial charge is 0.0667 e. The molecular weight excluding hydrogens is 222 g/mol. The van der Waals surface area contributed by atoms with E-state index < -0.39 is 5.60 Å². The number of para-hydroxylation sites is 1. The molecule has 2 heteroatoms. The monoisotopic (exact) mass is 245 g/mol. The van der Waals surface area contributed by atoms with Crippen LogP contribution in [0.4, 0.5) is 5.69 Å². The van der Waals surface area contributed by atoms with Crippen LogP contribution in [0.2, 0.25) is 0 Å². The maximum atomic E-state index is 10.6. The third-order valence-corrected chi connectivity index (χ3v) is 4.55. The highest BCUT2D eigenvalue weighted by molar-refractivity contribution is 5.53. The molecule has 2 nitrogen and oxygen atoms in total. The second-order valence-electron chi connectivity index (χ2n) is 6.03. The van der Waals surface area contributed by atoms with Gasteiger partial charge in [-0.3, -0.25) is 0 Å². The van der Waals surface area contributed by atoms with Crippen LogP contribution in [0, 0.1) is 0 Å². The highest BCUT2D eigenvalue weighted by Crippen LogP contribution is 2.35. The van der Waals surface area contributed by atoms with E-state index in [1.165, 1.54) is 30.5 Å². The number of hydrogen-bond acceptors (Lipinski definition) is 2. The molecule has 0 spiro atoms. The normalized spacial score (nSPS) is 26.2. The Bertz CT molecular complexity index is 409. The van der Waals surface area contributed by atoms with Crippen molar-refractivity contribution in [2.45, 2.75) is 63.0 Å². The molecule has 0 bridgehead atoms. The Balaban J connectivity index is 1.65. The summed E-state index contributed by atoms with van der Waals surface area (Å²) < 4.78 is 0. The van der Waals surface area contributed by atoms with Gasteiger partial charge in [0.1, 0.15) is 0 Å². The third kappa shape index (κ3) is 2.54. The van der Waals surface area contributed by atoms with E-state index >= 15 is 0 Å². The molecule has 1 unspecified atom stereocenters. The molecule has 0 amide bonds. The summed E-state index contributed by atoms with van der Waals surface area (Å²) in [5, 5.41) is 14.2. The third-order valence-electron chi connectivity index (χ3n) is 4.55. The second kappa shape index (κ2) is 4.93. The van der Waals surface area contributed by atoms with Crippen molar-refractivity contribution in [2.75, 3.05) is 5.32 Å². The first kappa shape index (κ1) is 12.0. The summed E-state index contributed by atoms with van der Waals surface area (Å²) in [6.07, 6.45) is 8.88. The quantitative estimate of drug-likeness (QED) is 0.836. The highest BCUT2D eigenvalue weighted by Gasteiger charge is 2.33. The maximum Gasteiger partial charge on any atom is 0.0667 e. The molecule has 1 aliphatic heterocycles. The van der Waals surface area contributed by atoms with Gasteiger partial charge in [0.05, 0.1) is 5.60 Å². The fraction of sp³-hybridized carbons (Fsp3) is 0.625. The van der Waals surface area contributed by atoms with Crippen molar-refractivity contribution in [3.63, 3.8) is 0 Å². The zero-order chi connectivity index (χ0) is 12.4. The summed E-state index contributed by atoms with van der Waals surface area (Å²) in [5.41, 5.74) is 2.29. The average Bonchev–Trinajstić information content (AvgIpc) is 2.39. The van der Waals surface area contributed by atoms with E-state index in [2.05, 4.69) is 29.6 Å². The van der Waals surface area contributed by atoms with E-state index in [9.17, 15) is 5.11 Å². The van der Waals surface area contributed by atoms with E-state index in [4.69, 9.17) is 0 Å². The highest BCUT2D eigenvalue weighted by atomic mass is 16.3. The number of aryl methyl sites for hydroxylation is 1. The zero-order valence-electron chi connectivity index (χ0n) is 11.0. The standard InChI is InChI=1S/C16H23NO/c18-16(10-4-1-5-11-16)12-14-9-8-13-6-2-3-7-15(13)17-14/h2-3,6-7,14,17-18H,1,4-5,8-12H2. The van der Waals surface area contributed by atoms with Gasteiger partial charge in [-0.25, -0.2) is 0 Å². The molecule has 0 radical (unpaired) electrons. The van der Waals surface area contributed by atoms with Crippen LogP contribution >= 0.6 is 0 Å². The molecule has 2 N–H and O–H groups in total. The number of aliphatic hydroxyl groups is 1. The number of anilines is 1. The van der Waals surface area contributed by atoms with Crippen molar-refractivity contribution in [3.8, 4) is 0 Å². The molecule has 98 valence electrons. The Morgan fingerprint density at radius 3 is 2.78 bits per heavy atom. The van der Waals surface area contributed by atoms with Crippen LogP contribution in [0.25, 0.3) is 0 Å². The van der Waals surface area contributed by atoms with Gasteiger partial charge in [0.25, 0.3) is 0 Å². The lowest BCUT2D eigenvalue weighted by molar-refractivity contribution is -0.00842. The van der Waals surface area contributed by atoms with E-state index in [0.29, 0.717) is 6.04 Å². The minimum Gasteiger partial charge on any atom is -0.390 e. The van der Waals surface area contributed by atoms with Crippen LogP contribution in [-0.2, 0) is 6.42 Å². The second-order valence-corrected chi connectivity index (χ2v) is 6.03. The van der Waals surface area contributed by atoms with Crippen molar-refractivity contribution >= 4 is 5.69 Å². The Morgan fingerprint density at radius 2 is 1.94 bits per heavy atom. The molecule has 1 fully saturated rings. The fourth-order valence-corrected chi connectivity index (χ4v) is 3.53. The van der Waals surface area contributed by atoms with E-state index in [0.717, 1.165) is 32.1 Å². The lowest BCUT2D eigenvalue weighted by Gasteiger charge is -2.37. The fourth-order valence-electron chi connectivity index (χ4n) is 3.53. The lowest BCUT2D eigenvalue weighted by atomic mass is 9.79. The Morgan fingerprint density at radius 1 is 1.17 bits per heavy atom. The summed E-state index contributed by atoms with van der Waals surface area (Å²) in [4.78, 5) is 0. The first-order chi connectivity index (χ1) is 8.75. The molecule has 1 heterocycles. The van der Waals surface area contributed by atoms with Crippen LogP contribution in [-0.4, -0.2) is 16.7 Å². The van der Waals surface area contributed by atoms with E-state index in [1.54, 1.807) is 0 Å². The van der Waals surface area contributed by atoms with E-state index in [1.807, 2.05) is 0 Å². The minimum absolute atomic E-state index is 0.401. The molecule has 0 aromatic heterocycles. The van der Waals surface area contributed by atoms with Gasteiger partial charge in [-0.15, -0.1) is 0 Å². The number of rotatable bonds is 2. The molecule has 3 rings (SSSR count). The molecular formula is C16H23NO. The van der Waals surface area contributed by atoms with Crippen LogP contribution in [0.15, 0.2) is 24.3 Å². The number of nitrogens with one attached hydrogen (secondary N) is 1. The van der Waals surface area contributed by atoms with Crippen molar-refractivity contribution in [2.24, 2.45) is 0 Å². The molecule has 1 aromatic rings. The van der Waals surface area contributed by atoms with Crippen molar-refractivity contribution in [1.29, 1.82) is 0 Å². The largest absolute Gasteiger partial charge is 0.390 e. The van der Waals surface area contributed by atoms with Gasteiger partial charge >= 0.3 is 0 Å². The molecule has 1 aliphatic carbocycles. The topological polar surface area (TPSA) is 32.3 Å². The molecule has 1 saturated carbocycles. The molecule has 2 aliphatic rings. The van der Waals surface area contributed by atoms with Crippen molar-refractivity contribution in [3.05, 3.63) is 29.8 Å². The summed E-state index contributed by atoms with van der Waals surface area (Å²) in [5.74, 6) is 0. The van der Waals surface area contributed by atoms with E-state index in [-0.39, 0.29) is 0 Å². The Hall–Kier alpha value is -1.02. The van der Waals surface area contributed by atoms with Gasteiger partial charge in [0.15, 0.2) is 0 Å². The summed E-state index contributed by atoms with van der Waals surface area (Å²) >= 11 is 0. The van der Waals surface area contributed by atoms with Gasteiger partial charge in [0, 0.05) is 11.7 Å². The van der Waals surface area contributed by atoms with Gasteiger partial charge in [0.2, 0.25) is 0 Å². The van der Waals surface area contributed by atoms with Gasteiger partial charge in [-0.2, -0.15) is 0 Å². The van der Waals surface area contributed by atoms with Crippen molar-refractivity contribution < 1.29 is 5.11 Å². The number of fused-ring (bicyclic) bond motifs is 1. The van der Waals surface area contributed by atoms with Crippen LogP contribution in [0.5, 0.6) is 0 Å². The number of benzene rings is 1. The number of hydrogen-bond donors (Lipinski definition) is 2. The minimum atomic E-state index is -0.401. The first-order valence-electron chi connectivity index (χ1n) is 7.32. The van der Waals surface area contributed by atoms with Gasteiger partial charge in [-0.1, -0.05) is 37.5 Å². The Kier molecular flexibility index (Phi) is 3.29. The summed E-state index contributed by atoms with van der Waals surface area (Å²) in [7, 11) is 0. The average molecular weight is 245 g/mol. The van der Waals surface area contributed by atoms with Gasteiger partial charge < -0.3 is 10.4 Å².